The molecule has 0 aliphatic rings. The summed E-state index contributed by atoms with van der Waals surface area (Å²) >= 11 is 1.44. The maximum atomic E-state index is 13.1. The molecule has 2 N–H and O–H groups in total. The number of carbonyl (C=O) groups is 2. The molecule has 180 valence electrons. The van der Waals surface area contributed by atoms with Gasteiger partial charge in [0.15, 0.2) is 0 Å². The highest BCUT2D eigenvalue weighted by Gasteiger charge is 2.12. The van der Waals surface area contributed by atoms with E-state index in [4.69, 9.17) is 4.74 Å². The van der Waals surface area contributed by atoms with E-state index in [9.17, 15) is 14.0 Å². The molecule has 0 saturated carbocycles. The number of nitrogens with zero attached hydrogens (tertiary/aromatic N) is 1. The van der Waals surface area contributed by atoms with Gasteiger partial charge in [-0.05, 0) is 61.5 Å². The molecule has 4 rings (SSSR count). The van der Waals surface area contributed by atoms with Gasteiger partial charge in [0, 0.05) is 46.3 Å². The van der Waals surface area contributed by atoms with Crippen molar-refractivity contribution in [1.29, 1.82) is 0 Å². The van der Waals surface area contributed by atoms with E-state index in [2.05, 4.69) is 15.2 Å². The lowest BCUT2D eigenvalue weighted by molar-refractivity contribution is -0.113. The number of ether oxygens (including phenoxy) is 1. The molecule has 0 aliphatic heterocycles. The Morgan fingerprint density at radius 1 is 1.00 bits per heavy atom. The molecule has 3 aromatic carbocycles. The maximum absolute atomic E-state index is 13.1. The fourth-order valence-electron chi connectivity index (χ4n) is 3.65. The summed E-state index contributed by atoms with van der Waals surface area (Å²) in [6.07, 6.45) is 2.00. The normalized spacial score (nSPS) is 10.8. The van der Waals surface area contributed by atoms with Crippen LogP contribution in [0, 0.1) is 5.82 Å². The first-order valence-electron chi connectivity index (χ1n) is 11.3. The summed E-state index contributed by atoms with van der Waals surface area (Å²) in [6.45, 7) is 3.54. The predicted molar refractivity (Wildman–Crippen MR) is 138 cm³/mol. The quantitative estimate of drug-likeness (QED) is 0.294. The van der Waals surface area contributed by atoms with E-state index < -0.39 is 0 Å². The molecule has 0 bridgehead atoms. The minimum atomic E-state index is -0.346. The SMILES string of the molecule is CCOc1ccc(C(=O)NCCn2cc(SCC(=O)Nc3ccc(F)cc3)c3ccccc32)cc1. The highest BCUT2D eigenvalue weighted by Crippen LogP contribution is 2.30. The zero-order valence-electron chi connectivity index (χ0n) is 19.3. The van der Waals surface area contributed by atoms with Crippen LogP contribution in [0.2, 0.25) is 0 Å². The summed E-state index contributed by atoms with van der Waals surface area (Å²) in [7, 11) is 0. The van der Waals surface area contributed by atoms with Gasteiger partial charge in [-0.2, -0.15) is 0 Å². The number of amides is 2. The molecule has 0 atom stereocenters. The van der Waals surface area contributed by atoms with Crippen LogP contribution in [0.1, 0.15) is 17.3 Å². The first kappa shape index (κ1) is 24.3. The summed E-state index contributed by atoms with van der Waals surface area (Å²) < 4.78 is 20.5. The number of nitrogens with one attached hydrogen (secondary N) is 2. The topological polar surface area (TPSA) is 72.4 Å². The zero-order chi connectivity index (χ0) is 24.6. The van der Waals surface area contributed by atoms with E-state index in [-0.39, 0.29) is 23.4 Å². The van der Waals surface area contributed by atoms with Crippen LogP contribution in [0.4, 0.5) is 10.1 Å². The molecular weight excluding hydrogens is 465 g/mol. The fourth-order valence-corrected chi connectivity index (χ4v) is 4.54. The average Bonchev–Trinajstić information content (AvgIpc) is 3.22. The Balaban J connectivity index is 1.35. The predicted octanol–water partition coefficient (Wildman–Crippen LogP) is 5.34. The second-order valence-electron chi connectivity index (χ2n) is 7.76. The molecule has 0 unspecified atom stereocenters. The molecule has 35 heavy (non-hydrogen) atoms. The zero-order valence-corrected chi connectivity index (χ0v) is 20.1. The third-order valence-electron chi connectivity index (χ3n) is 5.30. The van der Waals surface area contributed by atoms with Crippen LogP contribution in [0.15, 0.2) is 83.9 Å². The molecule has 1 aromatic heterocycles. The second-order valence-corrected chi connectivity index (χ2v) is 8.78. The van der Waals surface area contributed by atoms with Gasteiger partial charge < -0.3 is 19.9 Å². The average molecular weight is 492 g/mol. The van der Waals surface area contributed by atoms with E-state index in [0.29, 0.717) is 30.9 Å². The van der Waals surface area contributed by atoms with Crippen LogP contribution in [0.3, 0.4) is 0 Å². The molecule has 0 saturated heterocycles. The maximum Gasteiger partial charge on any atom is 0.251 e. The van der Waals surface area contributed by atoms with Crippen LogP contribution < -0.4 is 15.4 Å². The minimum absolute atomic E-state index is 0.142. The first-order chi connectivity index (χ1) is 17.0. The molecule has 1 heterocycles. The van der Waals surface area contributed by atoms with Crippen molar-refractivity contribution in [3.8, 4) is 5.75 Å². The van der Waals surface area contributed by atoms with Crippen molar-refractivity contribution < 1.29 is 18.7 Å². The van der Waals surface area contributed by atoms with Crippen molar-refractivity contribution in [2.24, 2.45) is 0 Å². The third-order valence-corrected chi connectivity index (χ3v) is 6.35. The van der Waals surface area contributed by atoms with Gasteiger partial charge in [-0.1, -0.05) is 18.2 Å². The number of aromatic nitrogens is 1. The van der Waals surface area contributed by atoms with Crippen LogP contribution in [-0.2, 0) is 11.3 Å². The number of carbonyl (C=O) groups excluding carboxylic acids is 2. The van der Waals surface area contributed by atoms with Gasteiger partial charge in [-0.3, -0.25) is 9.59 Å². The number of para-hydroxylation sites is 1. The fraction of sp³-hybridized carbons (Fsp3) is 0.185. The summed E-state index contributed by atoms with van der Waals surface area (Å²) in [5, 5.41) is 6.78. The first-order valence-corrected chi connectivity index (χ1v) is 12.3. The van der Waals surface area contributed by atoms with Gasteiger partial charge in [-0.25, -0.2) is 4.39 Å². The van der Waals surface area contributed by atoms with Crippen LogP contribution in [0.25, 0.3) is 10.9 Å². The summed E-state index contributed by atoms with van der Waals surface area (Å²) in [5.41, 5.74) is 2.17. The monoisotopic (exact) mass is 491 g/mol. The van der Waals surface area contributed by atoms with Gasteiger partial charge in [-0.15, -0.1) is 11.8 Å². The van der Waals surface area contributed by atoms with Gasteiger partial charge in [0.1, 0.15) is 11.6 Å². The number of benzene rings is 3. The molecular formula is C27H26FN3O3S. The highest BCUT2D eigenvalue weighted by atomic mass is 32.2. The van der Waals surface area contributed by atoms with Crippen LogP contribution in [0.5, 0.6) is 5.75 Å². The number of anilines is 1. The Kier molecular flexibility index (Phi) is 8.05. The van der Waals surface area contributed by atoms with E-state index in [1.165, 1.54) is 36.0 Å². The van der Waals surface area contributed by atoms with E-state index in [1.807, 2.05) is 37.4 Å². The lowest BCUT2D eigenvalue weighted by Gasteiger charge is -2.08. The largest absolute Gasteiger partial charge is 0.494 e. The van der Waals surface area contributed by atoms with Crippen molar-refractivity contribution in [3.63, 3.8) is 0 Å². The van der Waals surface area contributed by atoms with Gasteiger partial charge in [0.2, 0.25) is 5.91 Å². The molecule has 8 heteroatoms. The molecule has 4 aromatic rings. The lowest BCUT2D eigenvalue weighted by atomic mass is 10.2. The summed E-state index contributed by atoms with van der Waals surface area (Å²) in [5.74, 6) is 0.303. The Bertz CT molecular complexity index is 1300. The number of hydrogen-bond donors (Lipinski definition) is 2. The number of thioether (sulfide) groups is 1. The van der Waals surface area contributed by atoms with E-state index in [1.54, 1.807) is 24.3 Å². The smallest absolute Gasteiger partial charge is 0.251 e. The van der Waals surface area contributed by atoms with Crippen molar-refractivity contribution >= 4 is 40.2 Å². The Labute approximate surface area is 207 Å². The van der Waals surface area contributed by atoms with E-state index in [0.717, 1.165) is 21.5 Å². The van der Waals surface area contributed by atoms with Crippen LogP contribution in [-0.4, -0.2) is 35.3 Å². The lowest BCUT2D eigenvalue weighted by Crippen LogP contribution is -2.27. The molecule has 0 fully saturated rings. The van der Waals surface area contributed by atoms with Gasteiger partial charge in [0.25, 0.3) is 5.91 Å². The van der Waals surface area contributed by atoms with Crippen molar-refractivity contribution in [2.75, 3.05) is 24.2 Å². The van der Waals surface area contributed by atoms with Gasteiger partial charge in [0.05, 0.1) is 12.4 Å². The molecule has 0 spiro atoms. The number of fused-ring (bicyclic) bond motifs is 1. The van der Waals surface area contributed by atoms with Gasteiger partial charge >= 0.3 is 0 Å². The van der Waals surface area contributed by atoms with Crippen molar-refractivity contribution in [2.45, 2.75) is 18.4 Å². The number of halogens is 1. The van der Waals surface area contributed by atoms with Crippen LogP contribution >= 0.6 is 11.8 Å². The summed E-state index contributed by atoms with van der Waals surface area (Å²) in [6, 6.07) is 20.7. The Morgan fingerprint density at radius 2 is 1.74 bits per heavy atom. The van der Waals surface area contributed by atoms with Crippen molar-refractivity contribution in [3.05, 3.63) is 90.4 Å². The summed E-state index contributed by atoms with van der Waals surface area (Å²) in [4.78, 5) is 25.8. The standard InChI is InChI=1S/C27H26FN3O3S/c1-2-34-22-13-7-19(8-14-22)27(33)29-15-16-31-17-25(23-5-3-4-6-24(23)31)35-18-26(32)30-21-11-9-20(28)10-12-21/h3-14,17H,2,15-16,18H2,1H3,(H,29,33)(H,30,32). The second kappa shape index (κ2) is 11.6. The van der Waals surface area contributed by atoms with Crippen molar-refractivity contribution in [1.82, 2.24) is 9.88 Å². The highest BCUT2D eigenvalue weighted by molar-refractivity contribution is 8.00. The Morgan fingerprint density at radius 3 is 2.49 bits per heavy atom. The molecule has 6 nitrogen and oxygen atoms in total. The van der Waals surface area contributed by atoms with E-state index >= 15 is 0 Å². The molecule has 0 radical (unpaired) electrons. The Hall–Kier alpha value is -3.78. The molecule has 0 aliphatic carbocycles. The number of hydrogen-bond acceptors (Lipinski definition) is 4. The molecule has 2 amide bonds. The third kappa shape index (κ3) is 6.42. The number of rotatable bonds is 10. The minimum Gasteiger partial charge on any atom is -0.494 e.